The maximum atomic E-state index is 11.7. The monoisotopic (exact) mass is 286 g/mol. The van der Waals surface area contributed by atoms with Gasteiger partial charge in [-0.25, -0.2) is 0 Å². The van der Waals surface area contributed by atoms with Crippen molar-refractivity contribution in [3.63, 3.8) is 0 Å². The number of nitrogens with one attached hydrogen (secondary N) is 1. The Morgan fingerprint density at radius 2 is 2.25 bits per heavy atom. The predicted octanol–water partition coefficient (Wildman–Crippen LogP) is 1.72. The van der Waals surface area contributed by atoms with Crippen LogP contribution >= 0.6 is 0 Å². The maximum Gasteiger partial charge on any atom is 0.323 e. The lowest BCUT2D eigenvalue weighted by atomic mass is 9.78. The summed E-state index contributed by atoms with van der Waals surface area (Å²) in [6, 6.07) is 0.520. The van der Waals surface area contributed by atoms with Crippen LogP contribution in [0.4, 0.5) is 0 Å². The number of carbonyl (C=O) groups is 1. The van der Waals surface area contributed by atoms with Crippen molar-refractivity contribution in [3.8, 4) is 0 Å². The highest BCUT2D eigenvalue weighted by atomic mass is 16.5. The minimum Gasteiger partial charge on any atom is -0.480 e. The van der Waals surface area contributed by atoms with Crippen molar-refractivity contribution in [3.05, 3.63) is 0 Å². The van der Waals surface area contributed by atoms with E-state index in [2.05, 4.69) is 17.3 Å². The van der Waals surface area contributed by atoms with E-state index in [1.165, 1.54) is 0 Å². The molecule has 0 spiro atoms. The number of ether oxygens (including phenoxy) is 1. The van der Waals surface area contributed by atoms with Gasteiger partial charge in [-0.15, -0.1) is 0 Å². The lowest BCUT2D eigenvalue weighted by Gasteiger charge is -2.42. The summed E-state index contributed by atoms with van der Waals surface area (Å²) in [7, 11) is 3.80. The van der Waals surface area contributed by atoms with Gasteiger partial charge in [0.25, 0.3) is 0 Å². The zero-order chi connectivity index (χ0) is 15.2. The summed E-state index contributed by atoms with van der Waals surface area (Å²) in [4.78, 5) is 14.0. The number of carboxylic acid groups (broad SMARTS) is 1. The second-order valence-corrected chi connectivity index (χ2v) is 6.26. The second-order valence-electron chi connectivity index (χ2n) is 6.26. The van der Waals surface area contributed by atoms with E-state index >= 15 is 0 Å². The molecule has 2 unspecified atom stereocenters. The molecule has 1 aliphatic carbocycles. The zero-order valence-electron chi connectivity index (χ0n) is 13.3. The van der Waals surface area contributed by atoms with E-state index in [1.807, 2.05) is 13.8 Å². The van der Waals surface area contributed by atoms with Crippen LogP contribution in [0.15, 0.2) is 0 Å². The van der Waals surface area contributed by atoms with Gasteiger partial charge in [-0.1, -0.05) is 0 Å². The molecule has 2 N–H and O–H groups in total. The van der Waals surface area contributed by atoms with E-state index in [4.69, 9.17) is 4.74 Å². The topological polar surface area (TPSA) is 61.8 Å². The van der Waals surface area contributed by atoms with Crippen molar-refractivity contribution >= 4 is 5.97 Å². The third-order valence-electron chi connectivity index (χ3n) is 4.18. The summed E-state index contributed by atoms with van der Waals surface area (Å²) in [5.41, 5.74) is -0.757. The second kappa shape index (κ2) is 7.96. The Morgan fingerprint density at radius 3 is 2.80 bits per heavy atom. The Labute approximate surface area is 122 Å². The molecule has 0 amide bonds. The molecular weight excluding hydrogens is 256 g/mol. The minimum atomic E-state index is -0.757. The number of hydrogen-bond acceptors (Lipinski definition) is 4. The first-order valence-corrected chi connectivity index (χ1v) is 7.61. The Hall–Kier alpha value is -0.650. The number of nitrogens with zero attached hydrogens (tertiary/aromatic N) is 1. The zero-order valence-corrected chi connectivity index (χ0v) is 13.3. The van der Waals surface area contributed by atoms with Gasteiger partial charge in [-0.3, -0.25) is 10.1 Å². The van der Waals surface area contributed by atoms with E-state index in [0.717, 1.165) is 38.8 Å². The van der Waals surface area contributed by atoms with Crippen LogP contribution < -0.4 is 5.32 Å². The quantitative estimate of drug-likeness (QED) is 0.665. The molecule has 1 aliphatic rings. The van der Waals surface area contributed by atoms with Crippen LogP contribution in [0.1, 0.15) is 46.0 Å². The third-order valence-corrected chi connectivity index (χ3v) is 4.18. The number of methoxy groups -OCH3 is 1. The van der Waals surface area contributed by atoms with Crippen molar-refractivity contribution in [2.45, 2.75) is 63.6 Å². The van der Waals surface area contributed by atoms with E-state index < -0.39 is 11.5 Å². The predicted molar refractivity (Wildman–Crippen MR) is 80.0 cm³/mol. The molecule has 0 aromatic rings. The smallest absolute Gasteiger partial charge is 0.323 e. The third kappa shape index (κ3) is 4.72. The summed E-state index contributed by atoms with van der Waals surface area (Å²) >= 11 is 0. The maximum absolute atomic E-state index is 11.7. The summed E-state index contributed by atoms with van der Waals surface area (Å²) in [6.45, 7) is 5.73. The number of carboxylic acids is 1. The first kappa shape index (κ1) is 17.4. The van der Waals surface area contributed by atoms with Crippen LogP contribution in [0.5, 0.6) is 0 Å². The molecule has 0 aromatic carbocycles. The van der Waals surface area contributed by atoms with Gasteiger partial charge in [0.1, 0.15) is 5.54 Å². The SMILES string of the molecule is COCCCN(C)C1CCCC(NC(C)C)(C(=O)O)C1. The molecule has 0 heterocycles. The molecular formula is C15H30N2O3. The highest BCUT2D eigenvalue weighted by molar-refractivity contribution is 5.79. The number of hydrogen-bond donors (Lipinski definition) is 2. The highest BCUT2D eigenvalue weighted by Crippen LogP contribution is 2.31. The van der Waals surface area contributed by atoms with Crippen molar-refractivity contribution < 1.29 is 14.6 Å². The molecule has 5 nitrogen and oxygen atoms in total. The van der Waals surface area contributed by atoms with Gasteiger partial charge in [0.2, 0.25) is 0 Å². The fraction of sp³-hybridized carbons (Fsp3) is 0.933. The molecule has 1 rings (SSSR count). The highest BCUT2D eigenvalue weighted by Gasteiger charge is 2.43. The van der Waals surface area contributed by atoms with Crippen molar-refractivity contribution in [2.75, 3.05) is 27.3 Å². The van der Waals surface area contributed by atoms with E-state index in [0.29, 0.717) is 12.5 Å². The largest absolute Gasteiger partial charge is 0.480 e. The first-order chi connectivity index (χ1) is 9.41. The summed E-state index contributed by atoms with van der Waals surface area (Å²) in [5, 5.41) is 12.9. The van der Waals surface area contributed by atoms with E-state index in [-0.39, 0.29) is 6.04 Å². The molecule has 0 bridgehead atoms. The molecule has 1 saturated carbocycles. The summed E-state index contributed by atoms with van der Waals surface area (Å²) < 4.78 is 5.08. The van der Waals surface area contributed by atoms with E-state index in [9.17, 15) is 9.90 Å². The number of aliphatic carboxylic acids is 1. The minimum absolute atomic E-state index is 0.184. The Kier molecular flexibility index (Phi) is 6.92. The summed E-state index contributed by atoms with van der Waals surface area (Å²) in [5.74, 6) is -0.707. The fourth-order valence-electron chi connectivity index (χ4n) is 3.20. The van der Waals surface area contributed by atoms with Crippen LogP contribution in [0.25, 0.3) is 0 Å². The van der Waals surface area contributed by atoms with Gasteiger partial charge in [-0.2, -0.15) is 0 Å². The first-order valence-electron chi connectivity index (χ1n) is 7.61. The van der Waals surface area contributed by atoms with Crippen LogP contribution in [0, 0.1) is 0 Å². The normalized spacial score (nSPS) is 27.2. The Morgan fingerprint density at radius 1 is 1.55 bits per heavy atom. The van der Waals surface area contributed by atoms with Crippen molar-refractivity contribution in [2.24, 2.45) is 0 Å². The average molecular weight is 286 g/mol. The average Bonchev–Trinajstić information content (AvgIpc) is 2.38. The molecule has 0 radical (unpaired) electrons. The van der Waals surface area contributed by atoms with Crippen molar-refractivity contribution in [1.29, 1.82) is 0 Å². The summed E-state index contributed by atoms with van der Waals surface area (Å²) in [6.07, 6.45) is 4.44. The van der Waals surface area contributed by atoms with Gasteiger partial charge in [-0.05, 0) is 53.0 Å². The van der Waals surface area contributed by atoms with Crippen LogP contribution in [-0.2, 0) is 9.53 Å². The van der Waals surface area contributed by atoms with Gasteiger partial charge in [0.05, 0.1) is 0 Å². The fourth-order valence-corrected chi connectivity index (χ4v) is 3.20. The molecule has 1 fully saturated rings. The Balaban J connectivity index is 2.64. The molecule has 0 saturated heterocycles. The molecule has 0 aromatic heterocycles. The number of rotatable bonds is 8. The molecule has 5 heteroatoms. The van der Waals surface area contributed by atoms with Gasteiger partial charge >= 0.3 is 5.97 Å². The van der Waals surface area contributed by atoms with E-state index in [1.54, 1.807) is 7.11 Å². The molecule has 0 aliphatic heterocycles. The lowest BCUT2D eigenvalue weighted by Crippen LogP contribution is -2.59. The van der Waals surface area contributed by atoms with Crippen LogP contribution in [0.2, 0.25) is 0 Å². The van der Waals surface area contributed by atoms with Crippen LogP contribution in [-0.4, -0.2) is 60.9 Å². The standard InChI is InChI=1S/C15H30N2O3/c1-12(2)16-15(14(18)19)8-5-7-13(11-15)17(3)9-6-10-20-4/h12-13,16H,5-11H2,1-4H3,(H,18,19). The molecule has 118 valence electrons. The lowest BCUT2D eigenvalue weighted by molar-refractivity contribution is -0.147. The van der Waals surface area contributed by atoms with Gasteiger partial charge in [0.15, 0.2) is 0 Å². The van der Waals surface area contributed by atoms with Crippen LogP contribution in [0.3, 0.4) is 0 Å². The van der Waals surface area contributed by atoms with Gasteiger partial charge in [0, 0.05) is 32.3 Å². The Bertz CT molecular complexity index is 309. The molecule has 20 heavy (non-hydrogen) atoms. The molecule has 2 atom stereocenters. The van der Waals surface area contributed by atoms with Gasteiger partial charge < -0.3 is 14.7 Å². The van der Waals surface area contributed by atoms with Crippen molar-refractivity contribution in [1.82, 2.24) is 10.2 Å².